The summed E-state index contributed by atoms with van der Waals surface area (Å²) in [6.07, 6.45) is 2.84. The Morgan fingerprint density at radius 2 is 1.93 bits per heavy atom. The molecule has 1 N–H and O–H groups in total. The van der Waals surface area contributed by atoms with Crippen molar-refractivity contribution in [2.24, 2.45) is 0 Å². The number of hydrogen-bond acceptors (Lipinski definition) is 2. The third kappa shape index (κ3) is 3.27. The van der Waals surface area contributed by atoms with E-state index in [2.05, 4.69) is 26.0 Å². The molecule has 0 bridgehead atoms. The van der Waals surface area contributed by atoms with E-state index in [1.165, 1.54) is 16.0 Å². The highest BCUT2D eigenvalue weighted by Gasteiger charge is 2.06. The van der Waals surface area contributed by atoms with E-state index >= 15 is 0 Å². The topological polar surface area (TPSA) is 37.3 Å². The third-order valence-electron chi connectivity index (χ3n) is 2.50. The van der Waals surface area contributed by atoms with Crippen molar-refractivity contribution < 1.29 is 9.90 Å². The molecule has 15 heavy (non-hydrogen) atoms. The van der Waals surface area contributed by atoms with Crippen LogP contribution in [0.2, 0.25) is 0 Å². The summed E-state index contributed by atoms with van der Waals surface area (Å²) in [5.74, 6) is -0.736. The molecular formula is C12H16O2S. The average molecular weight is 224 g/mol. The lowest BCUT2D eigenvalue weighted by molar-refractivity contribution is -0.136. The maximum Gasteiger partial charge on any atom is 0.303 e. The van der Waals surface area contributed by atoms with Crippen LogP contribution in [0.5, 0.6) is 0 Å². The van der Waals surface area contributed by atoms with Gasteiger partial charge < -0.3 is 5.11 Å². The molecule has 82 valence electrons. The van der Waals surface area contributed by atoms with Gasteiger partial charge in [-0.25, -0.2) is 0 Å². The zero-order valence-electron chi connectivity index (χ0n) is 9.33. The molecule has 0 heterocycles. The van der Waals surface area contributed by atoms with Gasteiger partial charge in [-0.3, -0.25) is 4.79 Å². The van der Waals surface area contributed by atoms with Crippen LogP contribution in [-0.4, -0.2) is 17.3 Å². The molecule has 1 aromatic rings. The standard InChI is InChI=1S/C12H16O2S/c1-8-6-10(4-5-12(13)14)11(15-3)7-9(8)2/h6-7H,4-5H2,1-3H3,(H,13,14). The van der Waals surface area contributed by atoms with Crippen LogP contribution in [0, 0.1) is 13.8 Å². The fourth-order valence-corrected chi connectivity index (χ4v) is 2.19. The summed E-state index contributed by atoms with van der Waals surface area (Å²) < 4.78 is 0. The Hall–Kier alpha value is -0.960. The monoisotopic (exact) mass is 224 g/mol. The van der Waals surface area contributed by atoms with Crippen molar-refractivity contribution in [2.75, 3.05) is 6.26 Å². The van der Waals surface area contributed by atoms with Crippen LogP contribution >= 0.6 is 11.8 Å². The second-order valence-corrected chi connectivity index (χ2v) is 4.49. The molecule has 0 saturated carbocycles. The second-order valence-electron chi connectivity index (χ2n) is 3.64. The van der Waals surface area contributed by atoms with E-state index in [1.807, 2.05) is 6.26 Å². The number of carboxylic acids is 1. The van der Waals surface area contributed by atoms with Gasteiger partial charge in [0.15, 0.2) is 0 Å². The molecule has 2 nitrogen and oxygen atoms in total. The summed E-state index contributed by atoms with van der Waals surface area (Å²) in [6, 6.07) is 4.24. The summed E-state index contributed by atoms with van der Waals surface area (Å²) in [5, 5.41) is 8.66. The van der Waals surface area contributed by atoms with Crippen LogP contribution in [-0.2, 0) is 11.2 Å². The largest absolute Gasteiger partial charge is 0.481 e. The first-order valence-corrected chi connectivity index (χ1v) is 6.13. The molecule has 0 spiro atoms. The third-order valence-corrected chi connectivity index (χ3v) is 3.32. The Balaban J connectivity index is 2.94. The predicted molar refractivity (Wildman–Crippen MR) is 63.7 cm³/mol. The molecule has 0 fully saturated rings. The summed E-state index contributed by atoms with van der Waals surface area (Å²) >= 11 is 1.68. The lowest BCUT2D eigenvalue weighted by Crippen LogP contribution is -1.99. The number of benzene rings is 1. The molecule has 0 aliphatic carbocycles. The Bertz CT molecular complexity index is 372. The molecule has 0 amide bonds. The molecule has 1 rings (SSSR count). The fraction of sp³-hybridized carbons (Fsp3) is 0.417. The van der Waals surface area contributed by atoms with Gasteiger partial charge >= 0.3 is 5.97 Å². The minimum Gasteiger partial charge on any atom is -0.481 e. The van der Waals surface area contributed by atoms with E-state index in [0.29, 0.717) is 6.42 Å². The quantitative estimate of drug-likeness (QED) is 0.799. The number of carboxylic acid groups (broad SMARTS) is 1. The molecule has 0 unspecified atom stereocenters. The predicted octanol–water partition coefficient (Wildman–Crippen LogP) is 3.04. The summed E-state index contributed by atoms with van der Waals surface area (Å²) in [7, 11) is 0. The highest BCUT2D eigenvalue weighted by Crippen LogP contribution is 2.25. The van der Waals surface area contributed by atoms with Crippen molar-refractivity contribution >= 4 is 17.7 Å². The minimum absolute atomic E-state index is 0.204. The normalized spacial score (nSPS) is 10.3. The maximum absolute atomic E-state index is 10.5. The Kier molecular flexibility index (Phi) is 4.21. The van der Waals surface area contributed by atoms with E-state index in [1.54, 1.807) is 11.8 Å². The van der Waals surface area contributed by atoms with Crippen molar-refractivity contribution in [3.8, 4) is 0 Å². The first-order valence-electron chi connectivity index (χ1n) is 4.90. The van der Waals surface area contributed by atoms with Gasteiger partial charge in [0.1, 0.15) is 0 Å². The SMILES string of the molecule is CSc1cc(C)c(C)cc1CCC(=O)O. The van der Waals surface area contributed by atoms with Crippen molar-refractivity contribution in [3.05, 3.63) is 28.8 Å². The lowest BCUT2D eigenvalue weighted by Gasteiger charge is -2.10. The van der Waals surface area contributed by atoms with Crippen molar-refractivity contribution in [3.63, 3.8) is 0 Å². The van der Waals surface area contributed by atoms with Gasteiger partial charge in [-0.15, -0.1) is 11.8 Å². The molecule has 0 radical (unpaired) electrons. The second kappa shape index (κ2) is 5.21. The van der Waals surface area contributed by atoms with Crippen LogP contribution < -0.4 is 0 Å². The molecule has 0 aromatic heterocycles. The van der Waals surface area contributed by atoms with E-state index in [0.717, 1.165) is 5.56 Å². The number of aryl methyl sites for hydroxylation is 3. The van der Waals surface area contributed by atoms with Crippen molar-refractivity contribution in [1.29, 1.82) is 0 Å². The van der Waals surface area contributed by atoms with Crippen molar-refractivity contribution in [2.45, 2.75) is 31.6 Å². The van der Waals surface area contributed by atoms with Crippen LogP contribution in [0.4, 0.5) is 0 Å². The Morgan fingerprint density at radius 1 is 1.33 bits per heavy atom. The van der Waals surface area contributed by atoms with Crippen LogP contribution in [0.25, 0.3) is 0 Å². The Labute approximate surface area is 94.7 Å². The number of thioether (sulfide) groups is 1. The maximum atomic E-state index is 10.5. The molecule has 0 aliphatic heterocycles. The molecular weight excluding hydrogens is 208 g/mol. The van der Waals surface area contributed by atoms with Gasteiger partial charge in [0.25, 0.3) is 0 Å². The van der Waals surface area contributed by atoms with Crippen LogP contribution in [0.1, 0.15) is 23.1 Å². The van der Waals surface area contributed by atoms with Crippen LogP contribution in [0.3, 0.4) is 0 Å². The zero-order chi connectivity index (χ0) is 11.4. The zero-order valence-corrected chi connectivity index (χ0v) is 10.1. The summed E-state index contributed by atoms with van der Waals surface area (Å²) in [5.41, 5.74) is 3.64. The lowest BCUT2D eigenvalue weighted by atomic mass is 10.0. The van der Waals surface area contributed by atoms with Crippen molar-refractivity contribution in [1.82, 2.24) is 0 Å². The van der Waals surface area contributed by atoms with E-state index < -0.39 is 5.97 Å². The van der Waals surface area contributed by atoms with Gasteiger partial charge in [-0.1, -0.05) is 6.07 Å². The molecule has 0 saturated heterocycles. The van der Waals surface area contributed by atoms with E-state index in [4.69, 9.17) is 5.11 Å². The fourth-order valence-electron chi connectivity index (χ4n) is 1.48. The minimum atomic E-state index is -0.736. The number of rotatable bonds is 4. The first-order chi connectivity index (χ1) is 7.04. The van der Waals surface area contributed by atoms with Gasteiger partial charge in [0.2, 0.25) is 0 Å². The Morgan fingerprint density at radius 3 is 2.47 bits per heavy atom. The van der Waals surface area contributed by atoms with Gasteiger partial charge in [-0.05, 0) is 49.3 Å². The van der Waals surface area contributed by atoms with Gasteiger partial charge in [0.05, 0.1) is 0 Å². The van der Waals surface area contributed by atoms with Gasteiger partial charge in [0, 0.05) is 11.3 Å². The van der Waals surface area contributed by atoms with E-state index in [9.17, 15) is 4.79 Å². The summed E-state index contributed by atoms with van der Waals surface area (Å²) in [4.78, 5) is 11.7. The highest BCUT2D eigenvalue weighted by molar-refractivity contribution is 7.98. The molecule has 0 atom stereocenters. The number of hydrogen-bond donors (Lipinski definition) is 1. The van der Waals surface area contributed by atoms with Gasteiger partial charge in [-0.2, -0.15) is 0 Å². The van der Waals surface area contributed by atoms with E-state index in [-0.39, 0.29) is 6.42 Å². The van der Waals surface area contributed by atoms with Crippen LogP contribution in [0.15, 0.2) is 17.0 Å². The number of carbonyl (C=O) groups is 1. The first kappa shape index (κ1) is 12.1. The molecule has 0 aliphatic rings. The smallest absolute Gasteiger partial charge is 0.303 e. The molecule has 1 aromatic carbocycles. The highest BCUT2D eigenvalue weighted by atomic mass is 32.2. The summed E-state index contributed by atoms with van der Waals surface area (Å²) in [6.45, 7) is 4.14. The molecule has 3 heteroatoms. The average Bonchev–Trinajstić information content (AvgIpc) is 2.19. The number of aliphatic carboxylic acids is 1.